The third-order valence-electron chi connectivity index (χ3n) is 9.35. The van der Waals surface area contributed by atoms with E-state index in [1.807, 2.05) is 0 Å². The molecule has 0 bridgehead atoms. The summed E-state index contributed by atoms with van der Waals surface area (Å²) in [5, 5.41) is 19.2. The van der Waals surface area contributed by atoms with E-state index in [-0.39, 0.29) is 13.2 Å². The van der Waals surface area contributed by atoms with E-state index in [0.717, 1.165) is 38.5 Å². The molecule has 0 aromatic rings. The lowest BCUT2D eigenvalue weighted by Crippen LogP contribution is -2.44. The van der Waals surface area contributed by atoms with Crippen LogP contribution in [0.3, 0.4) is 0 Å². The summed E-state index contributed by atoms with van der Waals surface area (Å²) in [4.78, 5) is 23.5. The van der Waals surface area contributed by atoms with Gasteiger partial charge in [-0.25, -0.2) is 9.59 Å². The number of hydrogen-bond acceptors (Lipinski definition) is 4. The van der Waals surface area contributed by atoms with Gasteiger partial charge in [0.15, 0.2) is 12.2 Å². The maximum atomic E-state index is 11.8. The highest BCUT2D eigenvalue weighted by Crippen LogP contribution is 2.16. The zero-order valence-electron chi connectivity index (χ0n) is 30.7. The van der Waals surface area contributed by atoms with Crippen molar-refractivity contribution < 1.29 is 29.3 Å². The SMILES string of the molecule is CCCCCCCCCCCCCCCCCCO[C@@H](C(=O)O)[C@@H](OCCCCCCCCCCCCCCCCCC)C(=O)O. The molecule has 0 spiro atoms. The Bertz CT molecular complexity index is 585. The quantitative estimate of drug-likeness (QED) is 0.0641. The number of aliphatic carboxylic acids is 2. The second-order valence-electron chi connectivity index (χ2n) is 13.9. The molecule has 6 nitrogen and oxygen atoms in total. The molecule has 0 aromatic heterocycles. The highest BCUT2D eigenvalue weighted by Gasteiger charge is 2.35. The molecule has 274 valence electrons. The molecule has 0 aromatic carbocycles. The Morgan fingerprint density at radius 3 is 0.696 bits per heavy atom. The molecule has 2 atom stereocenters. The van der Waals surface area contributed by atoms with Crippen molar-refractivity contribution in [1.29, 1.82) is 0 Å². The molecule has 0 heterocycles. The van der Waals surface area contributed by atoms with Crippen LogP contribution in [-0.2, 0) is 19.1 Å². The van der Waals surface area contributed by atoms with Gasteiger partial charge in [0.2, 0.25) is 0 Å². The van der Waals surface area contributed by atoms with E-state index in [1.165, 1.54) is 167 Å². The fourth-order valence-corrected chi connectivity index (χ4v) is 6.30. The van der Waals surface area contributed by atoms with E-state index < -0.39 is 24.1 Å². The van der Waals surface area contributed by atoms with Crippen LogP contribution in [-0.4, -0.2) is 47.6 Å². The Morgan fingerprint density at radius 2 is 0.522 bits per heavy atom. The molecule has 0 aliphatic carbocycles. The lowest BCUT2D eigenvalue weighted by atomic mass is 10.0. The fourth-order valence-electron chi connectivity index (χ4n) is 6.30. The number of rotatable bonds is 39. The molecule has 0 amide bonds. The first-order valence-electron chi connectivity index (χ1n) is 20.2. The highest BCUT2D eigenvalue weighted by molar-refractivity contribution is 5.83. The first-order valence-corrected chi connectivity index (χ1v) is 20.2. The van der Waals surface area contributed by atoms with Gasteiger partial charge < -0.3 is 19.7 Å². The van der Waals surface area contributed by atoms with Crippen LogP contribution in [0, 0.1) is 0 Å². The number of ether oxygens (including phenoxy) is 2. The van der Waals surface area contributed by atoms with E-state index in [9.17, 15) is 19.8 Å². The van der Waals surface area contributed by atoms with Crippen molar-refractivity contribution in [2.45, 2.75) is 232 Å². The van der Waals surface area contributed by atoms with Crippen LogP contribution in [0.15, 0.2) is 0 Å². The summed E-state index contributed by atoms with van der Waals surface area (Å²) in [6.07, 6.45) is 37.7. The van der Waals surface area contributed by atoms with E-state index >= 15 is 0 Å². The molecule has 0 saturated carbocycles. The van der Waals surface area contributed by atoms with Gasteiger partial charge in [-0.1, -0.05) is 206 Å². The Labute approximate surface area is 285 Å². The van der Waals surface area contributed by atoms with Crippen molar-refractivity contribution >= 4 is 11.9 Å². The molecule has 0 aliphatic heterocycles. The predicted octanol–water partition coefficient (Wildman–Crippen LogP) is 12.4. The van der Waals surface area contributed by atoms with Crippen LogP contribution in [0.2, 0.25) is 0 Å². The summed E-state index contributed by atoms with van der Waals surface area (Å²) < 4.78 is 11.0. The Morgan fingerprint density at radius 1 is 0.348 bits per heavy atom. The molecular weight excluding hydrogens is 576 g/mol. The molecule has 0 unspecified atom stereocenters. The van der Waals surface area contributed by atoms with Crippen LogP contribution in [0.5, 0.6) is 0 Å². The second-order valence-corrected chi connectivity index (χ2v) is 13.9. The third-order valence-corrected chi connectivity index (χ3v) is 9.35. The van der Waals surface area contributed by atoms with Crippen LogP contribution in [0.25, 0.3) is 0 Å². The number of carboxylic acids is 2. The van der Waals surface area contributed by atoms with Crippen molar-refractivity contribution in [2.24, 2.45) is 0 Å². The molecular formula is C40H78O6. The molecule has 0 saturated heterocycles. The molecule has 0 fully saturated rings. The number of carbonyl (C=O) groups is 2. The maximum Gasteiger partial charge on any atom is 0.336 e. The minimum Gasteiger partial charge on any atom is -0.479 e. The van der Waals surface area contributed by atoms with Gasteiger partial charge >= 0.3 is 11.9 Å². The van der Waals surface area contributed by atoms with Gasteiger partial charge in [0.1, 0.15) is 0 Å². The molecule has 46 heavy (non-hydrogen) atoms. The predicted molar refractivity (Wildman–Crippen MR) is 194 cm³/mol. The van der Waals surface area contributed by atoms with Crippen LogP contribution < -0.4 is 0 Å². The monoisotopic (exact) mass is 655 g/mol. The number of hydrogen-bond donors (Lipinski definition) is 2. The van der Waals surface area contributed by atoms with Gasteiger partial charge in [0.05, 0.1) is 0 Å². The fraction of sp³-hybridized carbons (Fsp3) is 0.950. The van der Waals surface area contributed by atoms with Gasteiger partial charge in [-0.15, -0.1) is 0 Å². The van der Waals surface area contributed by atoms with Crippen molar-refractivity contribution in [3.05, 3.63) is 0 Å². The van der Waals surface area contributed by atoms with Crippen LogP contribution in [0.1, 0.15) is 219 Å². The van der Waals surface area contributed by atoms with Gasteiger partial charge in [-0.3, -0.25) is 0 Å². The summed E-state index contributed by atoms with van der Waals surface area (Å²) in [6, 6.07) is 0. The largest absolute Gasteiger partial charge is 0.479 e. The van der Waals surface area contributed by atoms with E-state index in [1.54, 1.807) is 0 Å². The van der Waals surface area contributed by atoms with E-state index in [2.05, 4.69) is 13.8 Å². The lowest BCUT2D eigenvalue weighted by molar-refractivity contribution is -0.176. The maximum absolute atomic E-state index is 11.8. The second kappa shape index (κ2) is 36.7. The Hall–Kier alpha value is -1.14. The van der Waals surface area contributed by atoms with Crippen LogP contribution in [0.4, 0.5) is 0 Å². The van der Waals surface area contributed by atoms with Gasteiger partial charge in [0, 0.05) is 13.2 Å². The summed E-state index contributed by atoms with van der Waals surface area (Å²) in [5.74, 6) is -2.54. The highest BCUT2D eigenvalue weighted by atomic mass is 16.6. The van der Waals surface area contributed by atoms with Crippen molar-refractivity contribution in [3.8, 4) is 0 Å². The topological polar surface area (TPSA) is 93.1 Å². The first kappa shape index (κ1) is 44.9. The minimum atomic E-state index is -1.46. The van der Waals surface area contributed by atoms with Crippen molar-refractivity contribution in [1.82, 2.24) is 0 Å². The summed E-state index contributed by atoms with van der Waals surface area (Å²) >= 11 is 0. The zero-order chi connectivity index (χ0) is 33.8. The average molecular weight is 655 g/mol. The van der Waals surface area contributed by atoms with Gasteiger partial charge in [-0.05, 0) is 12.8 Å². The summed E-state index contributed by atoms with van der Waals surface area (Å²) in [7, 11) is 0. The third kappa shape index (κ3) is 31.5. The standard InChI is InChI=1S/C40H78O6/c1-3-5-7-9-11-13-15-17-19-21-23-25-27-29-31-33-35-45-37(39(41)42)38(40(43)44)46-36-34-32-30-28-26-24-22-20-18-16-14-12-10-8-6-4-2/h37-38H,3-36H2,1-2H3,(H,41,42)(H,43,44)/t37-,38-/m1/s1. The molecule has 0 rings (SSSR count). The molecule has 0 aliphatic rings. The van der Waals surface area contributed by atoms with Crippen molar-refractivity contribution in [2.75, 3.05) is 13.2 Å². The number of carboxylic acid groups (broad SMARTS) is 2. The number of unbranched alkanes of at least 4 members (excludes halogenated alkanes) is 30. The Balaban J connectivity index is 3.72. The van der Waals surface area contributed by atoms with Crippen molar-refractivity contribution in [3.63, 3.8) is 0 Å². The van der Waals surface area contributed by atoms with Gasteiger partial charge in [-0.2, -0.15) is 0 Å². The van der Waals surface area contributed by atoms with Gasteiger partial charge in [0.25, 0.3) is 0 Å². The van der Waals surface area contributed by atoms with E-state index in [0.29, 0.717) is 0 Å². The minimum absolute atomic E-state index is 0.252. The average Bonchev–Trinajstić information content (AvgIpc) is 3.04. The smallest absolute Gasteiger partial charge is 0.336 e. The molecule has 2 N–H and O–H groups in total. The summed E-state index contributed by atoms with van der Waals surface area (Å²) in [5.41, 5.74) is 0. The first-order chi connectivity index (χ1) is 22.5. The normalized spacial score (nSPS) is 12.8. The zero-order valence-corrected chi connectivity index (χ0v) is 30.7. The van der Waals surface area contributed by atoms with Crippen LogP contribution >= 0.6 is 0 Å². The Kier molecular flexibility index (Phi) is 35.8. The van der Waals surface area contributed by atoms with E-state index in [4.69, 9.17) is 9.47 Å². The lowest BCUT2D eigenvalue weighted by Gasteiger charge is -2.21. The summed E-state index contributed by atoms with van der Waals surface area (Å²) in [6.45, 7) is 5.04. The molecule has 0 radical (unpaired) electrons. The molecule has 6 heteroatoms.